The number of aromatic hydroxyl groups is 1. The maximum atomic E-state index is 9.49. The lowest BCUT2D eigenvalue weighted by atomic mass is 10.0. The van der Waals surface area contributed by atoms with Gasteiger partial charge in [0.05, 0.1) is 0 Å². The third-order valence-electron chi connectivity index (χ3n) is 6.73. The van der Waals surface area contributed by atoms with Gasteiger partial charge in [0.25, 0.3) is 0 Å². The van der Waals surface area contributed by atoms with Crippen molar-refractivity contribution in [1.29, 1.82) is 0 Å². The number of phenols is 1. The summed E-state index contributed by atoms with van der Waals surface area (Å²) < 4.78 is 0. The maximum absolute atomic E-state index is 9.49. The summed E-state index contributed by atoms with van der Waals surface area (Å²) in [5.74, 6) is 0.399. The van der Waals surface area contributed by atoms with Gasteiger partial charge in [-0.1, -0.05) is 154 Å². The van der Waals surface area contributed by atoms with E-state index in [1.807, 2.05) is 12.1 Å². The molecule has 1 N–H and O–H groups in total. The molecule has 1 nitrogen and oxygen atoms in total. The number of hydrogen-bond acceptors (Lipinski definition) is 1. The van der Waals surface area contributed by atoms with E-state index in [1.54, 1.807) is 6.07 Å². The molecule has 0 aliphatic rings. The summed E-state index contributed by atoms with van der Waals surface area (Å²) in [6.45, 7) is 2.30. The summed E-state index contributed by atoms with van der Waals surface area (Å²) in [6.07, 6.45) is 32.7. The molecule has 0 saturated carbocycles. The lowest BCUT2D eigenvalue weighted by Gasteiger charge is -2.04. The van der Waals surface area contributed by atoms with E-state index >= 15 is 0 Å². The Bertz CT molecular complexity index is 481. The summed E-state index contributed by atoms with van der Waals surface area (Å²) in [6, 6.07) is 7.72. The van der Waals surface area contributed by atoms with Crippen molar-refractivity contribution < 1.29 is 5.11 Å². The molecule has 0 radical (unpaired) electrons. The van der Waals surface area contributed by atoms with Gasteiger partial charge >= 0.3 is 0 Å². The second-order valence-corrected chi connectivity index (χ2v) is 9.84. The lowest BCUT2D eigenvalue weighted by Crippen LogP contribution is -1.86. The normalized spacial score (nSPS) is 11.3. The average Bonchev–Trinajstić information content (AvgIpc) is 2.77. The molecule has 0 aromatic heterocycles. The first kappa shape index (κ1) is 28.1. The van der Waals surface area contributed by atoms with Crippen LogP contribution in [0.2, 0.25) is 0 Å². The fourth-order valence-corrected chi connectivity index (χ4v) is 4.65. The molecule has 0 bridgehead atoms. The molecule has 0 heterocycles. The minimum absolute atomic E-state index is 0.399. The van der Waals surface area contributed by atoms with Crippen LogP contribution >= 0.6 is 0 Å². The van der Waals surface area contributed by atoms with Gasteiger partial charge in [-0.05, 0) is 30.5 Å². The predicted molar refractivity (Wildman–Crippen MR) is 139 cm³/mol. The monoisotopic (exact) mass is 430 g/mol. The SMILES string of the molecule is CCCCCCCCCCCCCCCCCCCCCCCCc1cccc(O)c1. The third kappa shape index (κ3) is 19.4. The van der Waals surface area contributed by atoms with E-state index in [-0.39, 0.29) is 0 Å². The third-order valence-corrected chi connectivity index (χ3v) is 6.73. The van der Waals surface area contributed by atoms with E-state index in [2.05, 4.69) is 13.0 Å². The van der Waals surface area contributed by atoms with Crippen molar-refractivity contribution >= 4 is 0 Å². The number of hydrogen-bond donors (Lipinski definition) is 1. The zero-order valence-corrected chi connectivity index (χ0v) is 21.0. The molecule has 1 rings (SSSR count). The quantitative estimate of drug-likeness (QED) is 0.171. The van der Waals surface area contributed by atoms with E-state index in [9.17, 15) is 5.11 Å². The Hall–Kier alpha value is -0.980. The van der Waals surface area contributed by atoms with Gasteiger partial charge in [-0.3, -0.25) is 0 Å². The zero-order chi connectivity index (χ0) is 22.2. The van der Waals surface area contributed by atoms with Gasteiger partial charge in [0.15, 0.2) is 0 Å². The molecule has 1 aromatic carbocycles. The molecule has 0 aliphatic heterocycles. The Morgan fingerprint density at radius 2 is 0.839 bits per heavy atom. The van der Waals surface area contributed by atoms with Gasteiger partial charge < -0.3 is 5.11 Å². The highest BCUT2D eigenvalue weighted by Gasteiger charge is 1.97. The summed E-state index contributed by atoms with van der Waals surface area (Å²) in [7, 11) is 0. The highest BCUT2D eigenvalue weighted by atomic mass is 16.3. The highest BCUT2D eigenvalue weighted by molar-refractivity contribution is 5.27. The minimum Gasteiger partial charge on any atom is -0.508 e. The van der Waals surface area contributed by atoms with E-state index in [0.717, 1.165) is 6.42 Å². The smallest absolute Gasteiger partial charge is 0.115 e. The molecular formula is C30H54O. The van der Waals surface area contributed by atoms with Crippen molar-refractivity contribution in [2.45, 2.75) is 155 Å². The molecule has 0 amide bonds. The molecule has 1 heteroatoms. The fourth-order valence-electron chi connectivity index (χ4n) is 4.65. The Morgan fingerprint density at radius 1 is 0.484 bits per heavy atom. The molecule has 1 aromatic rings. The number of rotatable bonds is 23. The molecular weight excluding hydrogens is 376 g/mol. The molecule has 0 unspecified atom stereocenters. The van der Waals surface area contributed by atoms with Gasteiger partial charge in [-0.2, -0.15) is 0 Å². The molecule has 0 fully saturated rings. The van der Waals surface area contributed by atoms with Gasteiger partial charge in [-0.15, -0.1) is 0 Å². The van der Waals surface area contributed by atoms with Crippen molar-refractivity contribution in [2.75, 3.05) is 0 Å². The predicted octanol–water partition coefficient (Wildman–Crippen LogP) is 10.5. The van der Waals surface area contributed by atoms with Crippen LogP contribution in [0.4, 0.5) is 0 Å². The summed E-state index contributed by atoms with van der Waals surface area (Å²) in [5, 5.41) is 9.49. The van der Waals surface area contributed by atoms with Crippen LogP contribution in [0.3, 0.4) is 0 Å². The topological polar surface area (TPSA) is 20.2 Å². The zero-order valence-electron chi connectivity index (χ0n) is 21.0. The first-order valence-electron chi connectivity index (χ1n) is 14.1. The number of unbranched alkanes of at least 4 members (excludes halogenated alkanes) is 21. The van der Waals surface area contributed by atoms with Crippen LogP contribution in [0, 0.1) is 0 Å². The largest absolute Gasteiger partial charge is 0.508 e. The highest BCUT2D eigenvalue weighted by Crippen LogP contribution is 2.17. The van der Waals surface area contributed by atoms with Crippen LogP contribution in [0.15, 0.2) is 24.3 Å². The molecule has 0 saturated heterocycles. The molecule has 180 valence electrons. The van der Waals surface area contributed by atoms with Crippen LogP contribution in [0.5, 0.6) is 5.75 Å². The Balaban J connectivity index is 1.68. The first-order valence-corrected chi connectivity index (χ1v) is 14.1. The lowest BCUT2D eigenvalue weighted by molar-refractivity contribution is 0.474. The van der Waals surface area contributed by atoms with Crippen molar-refractivity contribution in [3.8, 4) is 5.75 Å². The van der Waals surface area contributed by atoms with Crippen LogP contribution < -0.4 is 0 Å². The Labute approximate surface area is 195 Å². The summed E-state index contributed by atoms with van der Waals surface area (Å²) >= 11 is 0. The Kier molecular flexibility index (Phi) is 20.1. The summed E-state index contributed by atoms with van der Waals surface area (Å²) in [4.78, 5) is 0. The van der Waals surface area contributed by atoms with Gasteiger partial charge in [-0.25, -0.2) is 0 Å². The Morgan fingerprint density at radius 3 is 1.19 bits per heavy atom. The van der Waals surface area contributed by atoms with Crippen LogP contribution in [0.1, 0.15) is 154 Å². The minimum atomic E-state index is 0.399. The van der Waals surface area contributed by atoms with Crippen LogP contribution in [-0.4, -0.2) is 5.11 Å². The van der Waals surface area contributed by atoms with Crippen LogP contribution in [-0.2, 0) is 6.42 Å². The maximum Gasteiger partial charge on any atom is 0.115 e. The molecule has 31 heavy (non-hydrogen) atoms. The van der Waals surface area contributed by atoms with Crippen molar-refractivity contribution in [1.82, 2.24) is 0 Å². The number of benzene rings is 1. The molecule has 0 spiro atoms. The van der Waals surface area contributed by atoms with Crippen molar-refractivity contribution in [3.05, 3.63) is 29.8 Å². The number of aryl methyl sites for hydroxylation is 1. The molecule has 0 aliphatic carbocycles. The van der Waals surface area contributed by atoms with Gasteiger partial charge in [0.1, 0.15) is 5.75 Å². The number of phenolic OH excluding ortho intramolecular Hbond substituents is 1. The van der Waals surface area contributed by atoms with E-state index in [4.69, 9.17) is 0 Å². The molecule has 0 atom stereocenters. The fraction of sp³-hybridized carbons (Fsp3) is 0.800. The van der Waals surface area contributed by atoms with Gasteiger partial charge in [0, 0.05) is 0 Å². The van der Waals surface area contributed by atoms with Gasteiger partial charge in [0.2, 0.25) is 0 Å². The van der Waals surface area contributed by atoms with E-state index < -0.39 is 0 Å². The average molecular weight is 431 g/mol. The summed E-state index contributed by atoms with van der Waals surface area (Å²) in [5.41, 5.74) is 1.27. The van der Waals surface area contributed by atoms with Crippen molar-refractivity contribution in [2.24, 2.45) is 0 Å². The standard InChI is InChI=1S/C30H54O/c1-2-3-4-5-6-7-8-9-10-11-12-13-14-15-16-17-18-19-20-21-22-23-25-29-26-24-27-30(31)28-29/h24,26-28,31H,2-23,25H2,1H3. The second kappa shape index (κ2) is 22.2. The van der Waals surface area contributed by atoms with E-state index in [0.29, 0.717) is 5.75 Å². The van der Waals surface area contributed by atoms with Crippen LogP contribution in [0.25, 0.3) is 0 Å². The van der Waals surface area contributed by atoms with E-state index in [1.165, 1.54) is 147 Å². The second-order valence-electron chi connectivity index (χ2n) is 9.84. The first-order chi connectivity index (χ1) is 15.3. The van der Waals surface area contributed by atoms with Crippen molar-refractivity contribution in [3.63, 3.8) is 0 Å².